The predicted molar refractivity (Wildman–Crippen MR) is 318 cm³/mol. The predicted octanol–water partition coefficient (Wildman–Crippen LogP) is 11.7. The summed E-state index contributed by atoms with van der Waals surface area (Å²) in [5.74, 6) is 1.99. The Morgan fingerprint density at radius 1 is 0.256 bits per heavy atom. The van der Waals surface area contributed by atoms with Crippen molar-refractivity contribution in [2.24, 2.45) is 0 Å². The molecule has 0 unspecified atom stereocenters. The Morgan fingerprint density at radius 3 is 0.603 bits per heavy atom. The van der Waals surface area contributed by atoms with Crippen molar-refractivity contribution in [1.29, 1.82) is 0 Å². The molecule has 0 aliphatic heterocycles. The molecule has 0 radical (unpaired) electrons. The van der Waals surface area contributed by atoms with Crippen molar-refractivity contribution in [3.8, 4) is 0 Å². The van der Waals surface area contributed by atoms with E-state index in [1.54, 1.807) is 73.1 Å². The fraction of sp³-hybridized carbons (Fsp3) is 0.600. The SMILES string of the molecule is CC(C)c1ccc(=O)n(C(C)C)n1.CC(C)c1ccc(=O)n(C(C)C)n1.CC(C)c1ccc(=O)n(C(C)C)n1.CC(C)c1ccc(=O)n(C(C)C)n1.CC(C)c1ccnn(C(C)C)c1=O.CC(C)c1ccnn(C(C)C)c1=O. The minimum Gasteiger partial charge on any atom is -0.268 e. The highest BCUT2D eigenvalue weighted by atomic mass is 16.2. The maximum absolute atomic E-state index is 11.8. The maximum Gasteiger partial charge on any atom is 0.270 e. The summed E-state index contributed by atoms with van der Waals surface area (Å²) in [6.07, 6.45) is 3.38. The van der Waals surface area contributed by atoms with E-state index in [1.807, 2.05) is 111 Å². The van der Waals surface area contributed by atoms with Crippen molar-refractivity contribution in [2.75, 3.05) is 0 Å². The fourth-order valence-corrected chi connectivity index (χ4v) is 6.97. The lowest BCUT2D eigenvalue weighted by atomic mass is 10.1. The molecule has 0 spiro atoms. The lowest BCUT2D eigenvalue weighted by molar-refractivity contribution is 0.488. The van der Waals surface area contributed by atoms with Gasteiger partial charge < -0.3 is 0 Å². The highest BCUT2D eigenvalue weighted by Crippen LogP contribution is 2.14. The molecule has 18 heteroatoms. The molecule has 6 aromatic rings. The lowest BCUT2D eigenvalue weighted by Crippen LogP contribution is -2.27. The molecule has 0 atom stereocenters. The van der Waals surface area contributed by atoms with Crippen LogP contribution in [-0.4, -0.2) is 58.7 Å². The van der Waals surface area contributed by atoms with Gasteiger partial charge in [-0.2, -0.15) is 30.6 Å². The molecule has 6 aromatic heterocycles. The van der Waals surface area contributed by atoms with Gasteiger partial charge in [0, 0.05) is 47.8 Å². The Labute approximate surface area is 464 Å². The van der Waals surface area contributed by atoms with Crippen LogP contribution in [0.25, 0.3) is 0 Å². The molecular formula is C60H96N12O6. The molecule has 432 valence electrons. The molecule has 6 heterocycles. The average Bonchev–Trinajstić information content (AvgIpc) is 3.34. The number of aromatic nitrogens is 12. The van der Waals surface area contributed by atoms with Gasteiger partial charge >= 0.3 is 0 Å². The van der Waals surface area contributed by atoms with Gasteiger partial charge in [0.25, 0.3) is 33.4 Å². The molecule has 18 nitrogen and oxygen atoms in total. The second kappa shape index (κ2) is 32.9. The van der Waals surface area contributed by atoms with Crippen LogP contribution in [0.15, 0.2) is 102 Å². The van der Waals surface area contributed by atoms with E-state index in [0.29, 0.717) is 23.7 Å². The summed E-state index contributed by atoms with van der Waals surface area (Å²) in [6, 6.07) is 17.9. The molecule has 0 N–H and O–H groups in total. The monoisotopic (exact) mass is 1080 g/mol. The van der Waals surface area contributed by atoms with Crippen molar-refractivity contribution in [3.63, 3.8) is 0 Å². The Morgan fingerprint density at radius 2 is 0.449 bits per heavy atom. The van der Waals surface area contributed by atoms with E-state index in [2.05, 4.69) is 86.0 Å². The van der Waals surface area contributed by atoms with Crippen LogP contribution in [0.4, 0.5) is 0 Å². The smallest absolute Gasteiger partial charge is 0.268 e. The molecule has 78 heavy (non-hydrogen) atoms. The topological polar surface area (TPSA) is 209 Å². The summed E-state index contributed by atoms with van der Waals surface area (Å²) in [5, 5.41) is 25.2. The van der Waals surface area contributed by atoms with E-state index in [0.717, 1.165) is 33.9 Å². The fourth-order valence-electron chi connectivity index (χ4n) is 6.97. The number of hydrogen-bond acceptors (Lipinski definition) is 12. The van der Waals surface area contributed by atoms with Gasteiger partial charge in [-0.05, 0) is 155 Å². The van der Waals surface area contributed by atoms with Crippen LogP contribution in [0.1, 0.15) is 272 Å². The van der Waals surface area contributed by atoms with Gasteiger partial charge in [-0.1, -0.05) is 83.1 Å². The van der Waals surface area contributed by atoms with Crippen molar-refractivity contribution in [2.45, 2.75) is 238 Å². The minimum absolute atomic E-state index is 0.0283. The highest BCUT2D eigenvalue weighted by Gasteiger charge is 2.12. The Bertz CT molecular complexity index is 2680. The minimum atomic E-state index is -0.0283. The molecule has 0 aliphatic rings. The first-order valence-corrected chi connectivity index (χ1v) is 27.7. The first kappa shape index (κ1) is 69.3. The third-order valence-electron chi connectivity index (χ3n) is 11.7. The first-order chi connectivity index (χ1) is 36.2. The summed E-state index contributed by atoms with van der Waals surface area (Å²) >= 11 is 0. The Kier molecular flexibility index (Phi) is 29.2. The average molecular weight is 1080 g/mol. The van der Waals surface area contributed by atoms with Crippen LogP contribution in [0.3, 0.4) is 0 Å². The Balaban J connectivity index is 0.000000468. The van der Waals surface area contributed by atoms with Crippen LogP contribution < -0.4 is 33.4 Å². The first-order valence-electron chi connectivity index (χ1n) is 27.7. The number of rotatable bonds is 12. The van der Waals surface area contributed by atoms with Gasteiger partial charge in [-0.15, -0.1) is 0 Å². The Hall–Kier alpha value is -6.72. The van der Waals surface area contributed by atoms with E-state index >= 15 is 0 Å². The van der Waals surface area contributed by atoms with Crippen LogP contribution in [0, 0.1) is 0 Å². The second-order valence-corrected chi connectivity index (χ2v) is 22.7. The molecular weight excluding hydrogens is 985 g/mol. The zero-order valence-corrected chi connectivity index (χ0v) is 51.7. The molecule has 0 saturated heterocycles. The standard InChI is InChI=1S/6C10H16N2O/c2*1-7(2)9-5-6-11-12(8(3)4)10(9)13;4*1-7(2)9-5-6-10(13)12(11-9)8(3)4/h6*5-8H,1-4H3. The highest BCUT2D eigenvalue weighted by molar-refractivity contribution is 5.13. The molecule has 0 aromatic carbocycles. The number of hydrogen-bond donors (Lipinski definition) is 0. The summed E-state index contributed by atoms with van der Waals surface area (Å²) in [7, 11) is 0. The quantitative estimate of drug-likeness (QED) is 0.112. The van der Waals surface area contributed by atoms with Gasteiger partial charge in [0.2, 0.25) is 0 Å². The zero-order chi connectivity index (χ0) is 60.0. The maximum atomic E-state index is 11.8. The van der Waals surface area contributed by atoms with Gasteiger partial charge in [0.1, 0.15) is 0 Å². The van der Waals surface area contributed by atoms with Crippen LogP contribution in [-0.2, 0) is 0 Å². The third kappa shape index (κ3) is 22.0. The molecule has 0 bridgehead atoms. The molecule has 0 amide bonds. The third-order valence-corrected chi connectivity index (χ3v) is 11.7. The van der Waals surface area contributed by atoms with Crippen LogP contribution in [0.5, 0.6) is 0 Å². The van der Waals surface area contributed by atoms with Gasteiger partial charge in [-0.25, -0.2) is 28.1 Å². The van der Waals surface area contributed by atoms with Crippen LogP contribution >= 0.6 is 0 Å². The van der Waals surface area contributed by atoms with Crippen molar-refractivity contribution < 1.29 is 0 Å². The van der Waals surface area contributed by atoms with Gasteiger partial charge in [-0.3, -0.25) is 28.8 Å². The summed E-state index contributed by atoms with van der Waals surface area (Å²) in [5.41, 5.74) is 5.49. The normalized spacial score (nSPS) is 11.2. The van der Waals surface area contributed by atoms with Crippen molar-refractivity contribution in [1.82, 2.24) is 58.7 Å². The second-order valence-electron chi connectivity index (χ2n) is 22.7. The van der Waals surface area contributed by atoms with Crippen molar-refractivity contribution in [3.05, 3.63) is 169 Å². The largest absolute Gasteiger partial charge is 0.270 e. The van der Waals surface area contributed by atoms with Gasteiger partial charge in [0.05, 0.1) is 59.0 Å². The van der Waals surface area contributed by atoms with E-state index in [4.69, 9.17) is 0 Å². The molecule has 0 aliphatic carbocycles. The summed E-state index contributed by atoms with van der Waals surface area (Å²) < 4.78 is 9.14. The lowest BCUT2D eigenvalue weighted by Gasteiger charge is -2.11. The molecule has 6 rings (SSSR count). The van der Waals surface area contributed by atoms with Gasteiger partial charge in [0.15, 0.2) is 0 Å². The van der Waals surface area contributed by atoms with E-state index in [-0.39, 0.29) is 81.4 Å². The molecule has 0 saturated carbocycles. The van der Waals surface area contributed by atoms with E-state index in [9.17, 15) is 28.8 Å². The van der Waals surface area contributed by atoms with E-state index in [1.165, 1.54) is 28.1 Å². The number of nitrogens with zero attached hydrogens (tertiary/aromatic N) is 12. The van der Waals surface area contributed by atoms with E-state index < -0.39 is 0 Å². The van der Waals surface area contributed by atoms with Crippen LogP contribution in [0.2, 0.25) is 0 Å². The summed E-state index contributed by atoms with van der Waals surface area (Å²) in [4.78, 5) is 68.8. The van der Waals surface area contributed by atoms with Crippen molar-refractivity contribution >= 4 is 0 Å². The molecule has 0 fully saturated rings. The summed E-state index contributed by atoms with van der Waals surface area (Å²) in [6.45, 7) is 48.1. The zero-order valence-electron chi connectivity index (χ0n) is 51.7.